The number of pyridine rings is 2. The summed E-state index contributed by atoms with van der Waals surface area (Å²) in [6.07, 6.45) is 0.0488. The van der Waals surface area contributed by atoms with Crippen LogP contribution in [0.25, 0.3) is 0 Å². The SMILES string of the molecule is Nc1ccc(N=Nc2ccccc2)c(N)n1.Nc1nc(CC(=O)OCc2ccccc2)ccc1N=Nc1ccccc1. The number of aromatic nitrogens is 2. The van der Waals surface area contributed by atoms with Crippen molar-refractivity contribution in [2.75, 3.05) is 17.2 Å². The van der Waals surface area contributed by atoms with E-state index >= 15 is 0 Å². The molecule has 0 saturated carbocycles. The van der Waals surface area contributed by atoms with Gasteiger partial charge in [0.1, 0.15) is 23.8 Å². The first-order valence-electron chi connectivity index (χ1n) is 12.9. The fourth-order valence-electron chi connectivity index (χ4n) is 3.41. The molecule has 2 aromatic heterocycles. The Morgan fingerprint density at radius 3 is 1.62 bits per heavy atom. The number of azo groups is 2. The fourth-order valence-corrected chi connectivity index (χ4v) is 3.41. The van der Waals surface area contributed by atoms with Crippen molar-refractivity contribution in [3.63, 3.8) is 0 Å². The minimum Gasteiger partial charge on any atom is -0.461 e. The molecule has 0 unspecified atom stereocenters. The second-order valence-corrected chi connectivity index (χ2v) is 8.74. The van der Waals surface area contributed by atoms with Gasteiger partial charge in [-0.25, -0.2) is 9.97 Å². The quantitative estimate of drug-likeness (QED) is 0.135. The molecule has 0 bridgehead atoms. The molecule has 11 heteroatoms. The summed E-state index contributed by atoms with van der Waals surface area (Å²) in [5, 5.41) is 16.2. The summed E-state index contributed by atoms with van der Waals surface area (Å²) < 4.78 is 5.25. The standard InChI is InChI=1S/C20H18N4O2.C11H11N5/c21-20-18(24-23-16-9-5-2-6-10-16)12-11-17(22-20)13-19(25)26-14-15-7-3-1-4-8-15;12-10-7-6-9(11(13)14-10)16-15-8-4-2-1-3-5-8/h1-12H,13-14H2,(H2,21,22);1-7H,(H4,12,13,14). The van der Waals surface area contributed by atoms with Crippen molar-refractivity contribution >= 4 is 46.2 Å². The number of benzene rings is 3. The van der Waals surface area contributed by atoms with Crippen LogP contribution in [0.1, 0.15) is 11.3 Å². The van der Waals surface area contributed by atoms with Gasteiger partial charge in [0.25, 0.3) is 0 Å². The molecule has 11 nitrogen and oxygen atoms in total. The van der Waals surface area contributed by atoms with Crippen LogP contribution in [0.3, 0.4) is 0 Å². The second kappa shape index (κ2) is 15.0. The van der Waals surface area contributed by atoms with Gasteiger partial charge in [0.15, 0.2) is 11.6 Å². The normalized spacial score (nSPS) is 10.8. The first-order chi connectivity index (χ1) is 20.5. The Kier molecular flexibility index (Phi) is 10.4. The minimum absolute atomic E-state index is 0.0488. The van der Waals surface area contributed by atoms with E-state index in [2.05, 4.69) is 30.4 Å². The molecule has 0 atom stereocenters. The van der Waals surface area contributed by atoms with E-state index in [4.69, 9.17) is 21.9 Å². The maximum Gasteiger partial charge on any atom is 0.312 e. The Labute approximate surface area is 242 Å². The topological polar surface area (TPSA) is 180 Å². The van der Waals surface area contributed by atoms with E-state index in [0.29, 0.717) is 22.9 Å². The highest BCUT2D eigenvalue weighted by molar-refractivity contribution is 5.72. The monoisotopic (exact) mass is 559 g/mol. The van der Waals surface area contributed by atoms with Gasteiger partial charge in [-0.1, -0.05) is 66.7 Å². The molecule has 0 radical (unpaired) electrons. The van der Waals surface area contributed by atoms with E-state index in [1.165, 1.54) is 0 Å². The number of carbonyl (C=O) groups is 1. The fraction of sp³-hybridized carbons (Fsp3) is 0.0645. The number of anilines is 3. The molecule has 6 N–H and O–H groups in total. The lowest BCUT2D eigenvalue weighted by atomic mass is 10.2. The van der Waals surface area contributed by atoms with Crippen LogP contribution in [0.15, 0.2) is 136 Å². The van der Waals surface area contributed by atoms with Gasteiger partial charge < -0.3 is 21.9 Å². The average Bonchev–Trinajstić information content (AvgIpc) is 3.01. The van der Waals surface area contributed by atoms with Crippen LogP contribution in [0.5, 0.6) is 0 Å². The van der Waals surface area contributed by atoms with Gasteiger partial charge in [-0.3, -0.25) is 4.79 Å². The number of nitrogen functional groups attached to an aromatic ring is 3. The van der Waals surface area contributed by atoms with Gasteiger partial charge in [-0.05, 0) is 54.1 Å². The predicted molar refractivity (Wildman–Crippen MR) is 163 cm³/mol. The first kappa shape index (κ1) is 29.0. The molecule has 0 spiro atoms. The molecule has 0 aliphatic rings. The number of nitrogens with zero attached hydrogens (tertiary/aromatic N) is 6. The van der Waals surface area contributed by atoms with Crippen LogP contribution in [0.4, 0.5) is 40.2 Å². The van der Waals surface area contributed by atoms with Crippen molar-refractivity contribution in [2.45, 2.75) is 13.0 Å². The van der Waals surface area contributed by atoms with Crippen molar-refractivity contribution in [1.82, 2.24) is 9.97 Å². The Bertz CT molecular complexity index is 1650. The average molecular weight is 560 g/mol. The summed E-state index contributed by atoms with van der Waals surface area (Å²) in [5.74, 6) is 0.508. The largest absolute Gasteiger partial charge is 0.461 e. The zero-order valence-electron chi connectivity index (χ0n) is 22.6. The van der Waals surface area contributed by atoms with Gasteiger partial charge in [-0.15, -0.1) is 10.2 Å². The van der Waals surface area contributed by atoms with E-state index < -0.39 is 0 Å². The van der Waals surface area contributed by atoms with Crippen molar-refractivity contribution in [1.29, 1.82) is 0 Å². The van der Waals surface area contributed by atoms with Crippen LogP contribution in [0.2, 0.25) is 0 Å². The third-order valence-corrected chi connectivity index (χ3v) is 5.51. The van der Waals surface area contributed by atoms with Crippen LogP contribution >= 0.6 is 0 Å². The smallest absolute Gasteiger partial charge is 0.312 e. The Morgan fingerprint density at radius 2 is 1.10 bits per heavy atom. The van der Waals surface area contributed by atoms with Gasteiger partial charge in [0, 0.05) is 0 Å². The molecule has 210 valence electrons. The van der Waals surface area contributed by atoms with E-state index in [-0.39, 0.29) is 30.6 Å². The summed E-state index contributed by atoms with van der Waals surface area (Å²) in [5.41, 5.74) is 20.9. The zero-order valence-corrected chi connectivity index (χ0v) is 22.6. The maximum absolute atomic E-state index is 11.9. The van der Waals surface area contributed by atoms with Crippen molar-refractivity contribution in [3.8, 4) is 0 Å². The number of carbonyl (C=O) groups excluding carboxylic acids is 1. The molecule has 42 heavy (non-hydrogen) atoms. The van der Waals surface area contributed by atoms with Crippen molar-refractivity contribution < 1.29 is 9.53 Å². The molecule has 0 fully saturated rings. The summed E-state index contributed by atoms with van der Waals surface area (Å²) in [4.78, 5) is 20.0. The number of esters is 1. The maximum atomic E-state index is 11.9. The van der Waals surface area contributed by atoms with Gasteiger partial charge in [-0.2, -0.15) is 10.2 Å². The van der Waals surface area contributed by atoms with Crippen LogP contribution < -0.4 is 17.2 Å². The second-order valence-electron chi connectivity index (χ2n) is 8.74. The molecular weight excluding hydrogens is 530 g/mol. The molecule has 0 amide bonds. The first-order valence-corrected chi connectivity index (χ1v) is 12.9. The van der Waals surface area contributed by atoms with Gasteiger partial charge in [0.05, 0.1) is 23.5 Å². The molecule has 0 aliphatic heterocycles. The van der Waals surface area contributed by atoms with E-state index in [1.54, 1.807) is 24.3 Å². The Hall–Kier alpha value is -5.97. The van der Waals surface area contributed by atoms with Crippen LogP contribution in [-0.2, 0) is 22.6 Å². The highest BCUT2D eigenvalue weighted by atomic mass is 16.5. The minimum atomic E-state index is -0.362. The molecule has 3 aromatic carbocycles. The summed E-state index contributed by atoms with van der Waals surface area (Å²) in [7, 11) is 0. The number of hydrogen-bond acceptors (Lipinski definition) is 11. The highest BCUT2D eigenvalue weighted by Crippen LogP contribution is 2.24. The molecule has 2 heterocycles. The molecule has 5 rings (SSSR count). The summed E-state index contributed by atoms with van der Waals surface area (Å²) >= 11 is 0. The predicted octanol–water partition coefficient (Wildman–Crippen LogP) is 7.03. The highest BCUT2D eigenvalue weighted by Gasteiger charge is 2.09. The Balaban J connectivity index is 0.000000216. The molecule has 0 saturated heterocycles. The third-order valence-electron chi connectivity index (χ3n) is 5.51. The van der Waals surface area contributed by atoms with Crippen LogP contribution in [-0.4, -0.2) is 15.9 Å². The van der Waals surface area contributed by atoms with Crippen molar-refractivity contribution in [3.05, 3.63) is 127 Å². The number of hydrogen-bond donors (Lipinski definition) is 3. The van der Waals surface area contributed by atoms with Gasteiger partial charge in [0.2, 0.25) is 0 Å². The van der Waals surface area contributed by atoms with E-state index in [0.717, 1.165) is 16.9 Å². The number of nitrogens with two attached hydrogens (primary N) is 3. The lowest BCUT2D eigenvalue weighted by Crippen LogP contribution is -2.09. The molecule has 5 aromatic rings. The molecule has 0 aliphatic carbocycles. The number of rotatable bonds is 8. The lowest BCUT2D eigenvalue weighted by molar-refractivity contribution is -0.144. The Morgan fingerprint density at radius 1 is 0.595 bits per heavy atom. The van der Waals surface area contributed by atoms with Crippen molar-refractivity contribution in [2.24, 2.45) is 20.5 Å². The third kappa shape index (κ3) is 9.35. The zero-order chi connectivity index (χ0) is 29.6. The van der Waals surface area contributed by atoms with E-state index in [9.17, 15) is 4.79 Å². The number of ether oxygens (including phenoxy) is 1. The summed E-state index contributed by atoms with van der Waals surface area (Å²) in [6.45, 7) is 0.235. The van der Waals surface area contributed by atoms with Crippen LogP contribution in [0, 0.1) is 0 Å². The van der Waals surface area contributed by atoms with Gasteiger partial charge >= 0.3 is 5.97 Å². The van der Waals surface area contributed by atoms with E-state index in [1.807, 2.05) is 91.0 Å². The summed E-state index contributed by atoms with van der Waals surface area (Å²) in [6, 6.07) is 34.9. The lowest BCUT2D eigenvalue weighted by Gasteiger charge is -2.06. The molecular formula is C31H29N9O2.